The van der Waals surface area contributed by atoms with Crippen molar-refractivity contribution in [1.82, 2.24) is 19.4 Å². The van der Waals surface area contributed by atoms with E-state index in [9.17, 15) is 13.2 Å². The molecule has 168 valence electrons. The van der Waals surface area contributed by atoms with Crippen molar-refractivity contribution < 1.29 is 27.4 Å². The molecule has 2 aromatic rings. The second kappa shape index (κ2) is 8.39. The number of hydrogen-bond acceptors (Lipinski definition) is 7. The number of nitrogens with one attached hydrogen (secondary N) is 1. The average molecular weight is 451 g/mol. The normalized spacial score (nSPS) is 18.0. The topological polar surface area (TPSA) is 114 Å². The molecule has 31 heavy (non-hydrogen) atoms. The standard InChI is InChI=1S/C20H26N4O6S/c1-13-19(14(2)22-21-13)31(26,27)24-8-4-7-23(9-10-24)20(25)15(3)30-16-5-6-17-18(11-16)29-12-28-17/h5-6,11,15H,4,7-10,12H2,1-3H3,(H,21,22). The molecule has 0 bridgehead atoms. The molecule has 0 aliphatic carbocycles. The van der Waals surface area contributed by atoms with E-state index in [1.165, 1.54) is 4.31 Å². The van der Waals surface area contributed by atoms with Gasteiger partial charge in [-0.05, 0) is 39.3 Å². The van der Waals surface area contributed by atoms with Crippen LogP contribution in [-0.2, 0) is 14.8 Å². The second-order valence-electron chi connectivity index (χ2n) is 7.62. The van der Waals surface area contributed by atoms with Crippen molar-refractivity contribution in [3.8, 4) is 17.2 Å². The van der Waals surface area contributed by atoms with Crippen LogP contribution < -0.4 is 14.2 Å². The van der Waals surface area contributed by atoms with Gasteiger partial charge in [0.25, 0.3) is 5.91 Å². The summed E-state index contributed by atoms with van der Waals surface area (Å²) >= 11 is 0. The number of carbonyl (C=O) groups excluding carboxylic acids is 1. The van der Waals surface area contributed by atoms with E-state index in [1.807, 2.05) is 0 Å². The quantitative estimate of drug-likeness (QED) is 0.733. The molecule has 0 spiro atoms. The van der Waals surface area contributed by atoms with Crippen molar-refractivity contribution in [2.45, 2.75) is 38.2 Å². The molecule has 11 heteroatoms. The maximum atomic E-state index is 13.1. The summed E-state index contributed by atoms with van der Waals surface area (Å²) in [5, 5.41) is 6.72. The molecule has 1 amide bonds. The Balaban J connectivity index is 1.40. The van der Waals surface area contributed by atoms with Crippen LogP contribution in [0, 0.1) is 13.8 Å². The molecule has 2 aliphatic heterocycles. The van der Waals surface area contributed by atoms with Gasteiger partial charge in [-0.2, -0.15) is 9.40 Å². The number of aryl methyl sites for hydroxylation is 2. The first-order valence-electron chi connectivity index (χ1n) is 10.1. The molecule has 1 N–H and O–H groups in total. The van der Waals surface area contributed by atoms with Crippen molar-refractivity contribution >= 4 is 15.9 Å². The number of ether oxygens (including phenoxy) is 3. The van der Waals surface area contributed by atoms with Crippen molar-refractivity contribution in [2.75, 3.05) is 33.0 Å². The second-order valence-corrected chi connectivity index (χ2v) is 9.50. The smallest absolute Gasteiger partial charge is 0.263 e. The van der Waals surface area contributed by atoms with Gasteiger partial charge in [-0.3, -0.25) is 9.89 Å². The van der Waals surface area contributed by atoms with Crippen molar-refractivity contribution in [3.63, 3.8) is 0 Å². The Kier molecular flexibility index (Phi) is 5.80. The first kappa shape index (κ1) is 21.4. The van der Waals surface area contributed by atoms with Crippen molar-refractivity contribution in [1.29, 1.82) is 0 Å². The molecule has 0 radical (unpaired) electrons. The van der Waals surface area contributed by atoms with Crippen LogP contribution >= 0.6 is 0 Å². The number of nitrogens with zero attached hydrogens (tertiary/aromatic N) is 3. The fourth-order valence-corrected chi connectivity index (χ4v) is 5.67. The molecular weight excluding hydrogens is 424 g/mol. The zero-order valence-corrected chi connectivity index (χ0v) is 18.6. The van der Waals surface area contributed by atoms with Crippen molar-refractivity contribution in [3.05, 3.63) is 29.6 Å². The fourth-order valence-electron chi connectivity index (χ4n) is 3.87. The number of benzene rings is 1. The van der Waals surface area contributed by atoms with Crippen LogP contribution in [0.15, 0.2) is 23.1 Å². The molecule has 0 saturated carbocycles. The molecule has 3 heterocycles. The maximum absolute atomic E-state index is 13.1. The van der Waals surface area contributed by atoms with Crippen LogP contribution in [0.1, 0.15) is 24.7 Å². The summed E-state index contributed by atoms with van der Waals surface area (Å²) in [7, 11) is -3.68. The van der Waals surface area contributed by atoms with E-state index in [-0.39, 0.29) is 24.1 Å². The first-order chi connectivity index (χ1) is 14.8. The lowest BCUT2D eigenvalue weighted by atomic mass is 10.2. The molecule has 4 rings (SSSR count). The van der Waals surface area contributed by atoms with Crippen LogP contribution in [0.4, 0.5) is 0 Å². The largest absolute Gasteiger partial charge is 0.481 e. The van der Waals surface area contributed by atoms with Crippen LogP contribution in [0.3, 0.4) is 0 Å². The minimum Gasteiger partial charge on any atom is -0.481 e. The highest BCUT2D eigenvalue weighted by Gasteiger charge is 2.33. The summed E-state index contributed by atoms with van der Waals surface area (Å²) in [6, 6.07) is 5.16. The summed E-state index contributed by atoms with van der Waals surface area (Å²) in [5.74, 6) is 1.54. The van der Waals surface area contributed by atoms with Gasteiger partial charge in [-0.1, -0.05) is 0 Å². The zero-order valence-electron chi connectivity index (χ0n) is 17.8. The summed E-state index contributed by atoms with van der Waals surface area (Å²) in [6.07, 6.45) is -0.181. The van der Waals surface area contributed by atoms with Gasteiger partial charge in [0.15, 0.2) is 17.6 Å². The molecule has 10 nitrogen and oxygen atoms in total. The van der Waals surface area contributed by atoms with Crippen LogP contribution in [0.2, 0.25) is 0 Å². The van der Waals surface area contributed by atoms with Crippen molar-refractivity contribution in [2.24, 2.45) is 0 Å². The van der Waals surface area contributed by atoms with Crippen LogP contribution in [-0.4, -0.2) is 72.8 Å². The third-order valence-electron chi connectivity index (χ3n) is 5.43. The molecule has 1 fully saturated rings. The number of rotatable bonds is 5. The molecule has 2 aliphatic rings. The van der Waals surface area contributed by atoms with Gasteiger partial charge >= 0.3 is 0 Å². The molecular formula is C20H26N4O6S. The molecule has 1 atom stereocenters. The Bertz CT molecular complexity index is 1060. The number of aromatic nitrogens is 2. The van der Waals surface area contributed by atoms with Gasteiger partial charge in [0.1, 0.15) is 10.6 Å². The summed E-state index contributed by atoms with van der Waals surface area (Å²) < 4.78 is 44.1. The number of hydrogen-bond donors (Lipinski definition) is 1. The zero-order chi connectivity index (χ0) is 22.2. The predicted molar refractivity (Wildman–Crippen MR) is 111 cm³/mol. The SMILES string of the molecule is Cc1n[nH]c(C)c1S(=O)(=O)N1CCCN(C(=O)C(C)Oc2ccc3c(c2)OCO3)CC1. The Morgan fingerprint density at radius 3 is 2.68 bits per heavy atom. The number of aromatic amines is 1. The summed E-state index contributed by atoms with van der Waals surface area (Å²) in [6.45, 7) is 6.52. The third kappa shape index (κ3) is 4.19. The molecule has 1 aromatic heterocycles. The first-order valence-corrected chi connectivity index (χ1v) is 11.6. The lowest BCUT2D eigenvalue weighted by Gasteiger charge is -2.25. The van der Waals surface area contributed by atoms with E-state index in [4.69, 9.17) is 14.2 Å². The molecule has 1 saturated heterocycles. The van der Waals surface area contributed by atoms with E-state index in [2.05, 4.69) is 10.2 Å². The third-order valence-corrected chi connectivity index (χ3v) is 7.59. The summed E-state index contributed by atoms with van der Waals surface area (Å²) in [5.41, 5.74) is 0.959. The van der Waals surface area contributed by atoms with E-state index < -0.39 is 16.1 Å². The Hall–Kier alpha value is -2.79. The van der Waals surface area contributed by atoms with E-state index in [0.717, 1.165) is 0 Å². The van der Waals surface area contributed by atoms with Gasteiger partial charge in [-0.25, -0.2) is 8.42 Å². The average Bonchev–Trinajstić information content (AvgIpc) is 3.23. The minimum atomic E-state index is -3.68. The van der Waals surface area contributed by atoms with Gasteiger partial charge in [-0.15, -0.1) is 0 Å². The maximum Gasteiger partial charge on any atom is 0.263 e. The van der Waals surface area contributed by atoms with Gasteiger partial charge in [0.05, 0.1) is 11.4 Å². The number of fused-ring (bicyclic) bond motifs is 1. The highest BCUT2D eigenvalue weighted by molar-refractivity contribution is 7.89. The summed E-state index contributed by atoms with van der Waals surface area (Å²) in [4.78, 5) is 14.8. The van der Waals surface area contributed by atoms with Gasteiger partial charge < -0.3 is 19.1 Å². The molecule has 1 unspecified atom stereocenters. The monoisotopic (exact) mass is 450 g/mol. The lowest BCUT2D eigenvalue weighted by Crippen LogP contribution is -2.43. The lowest BCUT2D eigenvalue weighted by molar-refractivity contribution is -0.137. The highest BCUT2D eigenvalue weighted by Crippen LogP contribution is 2.35. The predicted octanol–water partition coefficient (Wildman–Crippen LogP) is 1.45. The Morgan fingerprint density at radius 1 is 1.16 bits per heavy atom. The number of amides is 1. The van der Waals surface area contributed by atoms with E-state index >= 15 is 0 Å². The van der Waals surface area contributed by atoms with Gasteiger partial charge in [0.2, 0.25) is 16.8 Å². The van der Waals surface area contributed by atoms with Crippen LogP contribution in [0.5, 0.6) is 17.2 Å². The Morgan fingerprint density at radius 2 is 1.94 bits per heavy atom. The number of sulfonamides is 1. The number of H-pyrrole nitrogens is 1. The molecule has 1 aromatic carbocycles. The Labute approximate surface area is 181 Å². The highest BCUT2D eigenvalue weighted by atomic mass is 32.2. The van der Waals surface area contributed by atoms with E-state index in [0.29, 0.717) is 54.7 Å². The fraction of sp³-hybridized carbons (Fsp3) is 0.500. The van der Waals surface area contributed by atoms with Gasteiger partial charge in [0, 0.05) is 32.2 Å². The number of carbonyl (C=O) groups is 1. The minimum absolute atomic E-state index is 0.165. The van der Waals surface area contributed by atoms with E-state index in [1.54, 1.807) is 43.9 Å². The van der Waals surface area contributed by atoms with Crippen LogP contribution in [0.25, 0.3) is 0 Å².